The van der Waals surface area contributed by atoms with Crippen molar-refractivity contribution in [2.75, 3.05) is 7.11 Å². The quantitative estimate of drug-likeness (QED) is 0.769. The summed E-state index contributed by atoms with van der Waals surface area (Å²) in [5.41, 5.74) is 0.350. The van der Waals surface area contributed by atoms with Crippen molar-refractivity contribution < 1.29 is 28.9 Å². The summed E-state index contributed by atoms with van der Waals surface area (Å²) >= 11 is 0. The van der Waals surface area contributed by atoms with E-state index in [1.54, 1.807) is 0 Å². The lowest BCUT2D eigenvalue weighted by atomic mass is 9.98. The lowest BCUT2D eigenvalue weighted by molar-refractivity contribution is -0.147. The van der Waals surface area contributed by atoms with Crippen LogP contribution in [0.1, 0.15) is 23.7 Å². The smallest absolute Gasteiger partial charge is 0.337 e. The first-order chi connectivity index (χ1) is 8.45. The number of aliphatic hydroxyl groups is 1. The predicted molar refractivity (Wildman–Crippen MR) is 59.3 cm³/mol. The van der Waals surface area contributed by atoms with Gasteiger partial charge in [0, 0.05) is 6.42 Å². The van der Waals surface area contributed by atoms with Gasteiger partial charge >= 0.3 is 11.9 Å². The van der Waals surface area contributed by atoms with Gasteiger partial charge in [-0.25, -0.2) is 9.18 Å². The molecule has 1 aromatic carbocycles. The van der Waals surface area contributed by atoms with Crippen molar-refractivity contribution in [3.8, 4) is 0 Å². The zero-order valence-electron chi connectivity index (χ0n) is 9.72. The average Bonchev–Trinajstić information content (AvgIpc) is 2.35. The molecule has 0 bridgehead atoms. The van der Waals surface area contributed by atoms with E-state index in [0.29, 0.717) is 0 Å². The van der Waals surface area contributed by atoms with E-state index < -0.39 is 23.9 Å². The molecule has 2 N–H and O–H groups in total. The lowest BCUT2D eigenvalue weighted by Gasteiger charge is -2.12. The second-order valence-corrected chi connectivity index (χ2v) is 3.66. The number of ether oxygens (including phenoxy) is 1. The van der Waals surface area contributed by atoms with Crippen molar-refractivity contribution in [2.45, 2.75) is 18.9 Å². The zero-order chi connectivity index (χ0) is 13.7. The average molecular weight is 256 g/mol. The third-order valence-electron chi connectivity index (χ3n) is 2.46. The van der Waals surface area contributed by atoms with Crippen LogP contribution in [0.3, 0.4) is 0 Å². The second kappa shape index (κ2) is 6.11. The molecule has 0 radical (unpaired) electrons. The van der Waals surface area contributed by atoms with Crippen molar-refractivity contribution in [3.05, 3.63) is 35.1 Å². The van der Waals surface area contributed by atoms with Gasteiger partial charge in [0.2, 0.25) is 0 Å². The van der Waals surface area contributed by atoms with E-state index >= 15 is 0 Å². The van der Waals surface area contributed by atoms with E-state index in [4.69, 9.17) is 5.11 Å². The minimum absolute atomic E-state index is 0.0146. The Balaban J connectivity index is 2.96. The number of benzene rings is 1. The fraction of sp³-hybridized carbons (Fsp3) is 0.333. The monoisotopic (exact) mass is 256 g/mol. The van der Waals surface area contributed by atoms with E-state index in [9.17, 15) is 19.1 Å². The normalized spacial score (nSPS) is 11.9. The topological polar surface area (TPSA) is 83.8 Å². The number of methoxy groups -OCH3 is 1. The summed E-state index contributed by atoms with van der Waals surface area (Å²) in [5, 5.41) is 18.2. The molecule has 0 aliphatic carbocycles. The molecule has 0 fully saturated rings. The van der Waals surface area contributed by atoms with Crippen LogP contribution >= 0.6 is 0 Å². The third-order valence-corrected chi connectivity index (χ3v) is 2.46. The third kappa shape index (κ3) is 3.53. The van der Waals surface area contributed by atoms with Gasteiger partial charge in [-0.05, 0) is 29.7 Å². The minimum atomic E-state index is -1.74. The molecule has 0 amide bonds. The summed E-state index contributed by atoms with van der Waals surface area (Å²) in [7, 11) is 1.22. The van der Waals surface area contributed by atoms with E-state index in [1.165, 1.54) is 13.2 Å². The molecule has 0 aliphatic heterocycles. The number of aliphatic hydroxyl groups excluding tert-OH is 1. The Labute approximate surface area is 103 Å². The Bertz CT molecular complexity index is 458. The standard InChI is InChI=1S/C12H13FO5/c1-18-10(14)5-2-7-6-8(13)3-4-9(7)11(15)12(16)17/h3-4,6,11,15H,2,5H2,1H3,(H,16,17). The molecule has 1 rings (SSSR count). The predicted octanol–water partition coefficient (Wildman–Crippen LogP) is 1.05. The largest absolute Gasteiger partial charge is 0.479 e. The molecule has 18 heavy (non-hydrogen) atoms. The lowest BCUT2D eigenvalue weighted by Crippen LogP contribution is -2.14. The van der Waals surface area contributed by atoms with Crippen molar-refractivity contribution in [3.63, 3.8) is 0 Å². The minimum Gasteiger partial charge on any atom is -0.479 e. The number of aliphatic carboxylic acids is 1. The first-order valence-corrected chi connectivity index (χ1v) is 5.21. The number of carbonyl (C=O) groups is 2. The highest BCUT2D eigenvalue weighted by atomic mass is 19.1. The molecule has 0 aliphatic rings. The number of carboxylic acid groups (broad SMARTS) is 1. The Hall–Kier alpha value is -1.95. The summed E-state index contributed by atoms with van der Waals surface area (Å²) in [6, 6.07) is 3.36. The number of carboxylic acids is 1. The van der Waals surface area contributed by atoms with Gasteiger partial charge in [0.25, 0.3) is 0 Å². The Morgan fingerprint density at radius 3 is 2.67 bits per heavy atom. The number of aryl methyl sites for hydroxylation is 1. The van der Waals surface area contributed by atoms with Gasteiger partial charge in [-0.2, -0.15) is 0 Å². The zero-order valence-corrected chi connectivity index (χ0v) is 9.72. The van der Waals surface area contributed by atoms with Crippen LogP contribution in [0.4, 0.5) is 4.39 Å². The van der Waals surface area contributed by atoms with Crippen LogP contribution in [0, 0.1) is 5.82 Å². The molecule has 1 aromatic rings. The maximum Gasteiger partial charge on any atom is 0.337 e. The Morgan fingerprint density at radius 2 is 2.11 bits per heavy atom. The number of rotatable bonds is 5. The van der Waals surface area contributed by atoms with Gasteiger partial charge in [-0.1, -0.05) is 6.07 Å². The van der Waals surface area contributed by atoms with Crippen LogP contribution in [-0.4, -0.2) is 29.3 Å². The summed E-state index contributed by atoms with van der Waals surface area (Å²) in [4.78, 5) is 21.7. The van der Waals surface area contributed by atoms with E-state index in [2.05, 4.69) is 4.74 Å². The molecular formula is C12H13FO5. The van der Waals surface area contributed by atoms with Gasteiger partial charge in [0.05, 0.1) is 7.11 Å². The maximum absolute atomic E-state index is 13.1. The molecule has 5 nitrogen and oxygen atoms in total. The van der Waals surface area contributed by atoms with Crippen LogP contribution < -0.4 is 0 Å². The fourth-order valence-corrected chi connectivity index (χ4v) is 1.53. The molecule has 0 aromatic heterocycles. The SMILES string of the molecule is COC(=O)CCc1cc(F)ccc1C(O)C(=O)O. The number of hydrogen-bond donors (Lipinski definition) is 2. The van der Waals surface area contributed by atoms with Crippen molar-refractivity contribution in [1.29, 1.82) is 0 Å². The number of esters is 1. The summed E-state index contributed by atoms with van der Waals surface area (Å²) in [6.07, 6.45) is -1.65. The van der Waals surface area contributed by atoms with Crippen molar-refractivity contribution in [1.82, 2.24) is 0 Å². The van der Waals surface area contributed by atoms with Gasteiger partial charge in [0.15, 0.2) is 6.10 Å². The number of carbonyl (C=O) groups excluding carboxylic acids is 1. The first-order valence-electron chi connectivity index (χ1n) is 5.21. The molecule has 6 heteroatoms. The number of halogens is 1. The number of hydrogen-bond acceptors (Lipinski definition) is 4. The van der Waals surface area contributed by atoms with E-state index in [-0.39, 0.29) is 24.0 Å². The van der Waals surface area contributed by atoms with Gasteiger partial charge in [-0.3, -0.25) is 4.79 Å². The molecule has 0 heterocycles. The molecule has 0 saturated carbocycles. The second-order valence-electron chi connectivity index (χ2n) is 3.66. The van der Waals surface area contributed by atoms with E-state index in [0.717, 1.165) is 12.1 Å². The fourth-order valence-electron chi connectivity index (χ4n) is 1.53. The van der Waals surface area contributed by atoms with Crippen LogP contribution in [0.5, 0.6) is 0 Å². The highest BCUT2D eigenvalue weighted by Gasteiger charge is 2.20. The van der Waals surface area contributed by atoms with Crippen LogP contribution in [0.25, 0.3) is 0 Å². The highest BCUT2D eigenvalue weighted by Crippen LogP contribution is 2.21. The Morgan fingerprint density at radius 1 is 1.44 bits per heavy atom. The first kappa shape index (κ1) is 14.1. The summed E-state index contributed by atoms with van der Waals surface area (Å²) in [6.45, 7) is 0. The van der Waals surface area contributed by atoms with Gasteiger partial charge < -0.3 is 14.9 Å². The molecular weight excluding hydrogens is 243 g/mol. The molecule has 98 valence electrons. The molecule has 1 atom stereocenters. The molecule has 0 saturated heterocycles. The van der Waals surface area contributed by atoms with Crippen LogP contribution in [-0.2, 0) is 20.7 Å². The van der Waals surface area contributed by atoms with Crippen LogP contribution in [0.15, 0.2) is 18.2 Å². The van der Waals surface area contributed by atoms with E-state index in [1.807, 2.05) is 0 Å². The van der Waals surface area contributed by atoms with Gasteiger partial charge in [0.1, 0.15) is 5.82 Å². The van der Waals surface area contributed by atoms with Crippen molar-refractivity contribution in [2.24, 2.45) is 0 Å². The molecule has 1 unspecified atom stereocenters. The van der Waals surface area contributed by atoms with Crippen LogP contribution in [0.2, 0.25) is 0 Å². The summed E-state index contributed by atoms with van der Waals surface area (Å²) < 4.78 is 17.5. The highest BCUT2D eigenvalue weighted by molar-refractivity contribution is 5.75. The van der Waals surface area contributed by atoms with Gasteiger partial charge in [-0.15, -0.1) is 0 Å². The summed E-state index contributed by atoms with van der Waals surface area (Å²) in [5.74, 6) is -2.48. The van der Waals surface area contributed by atoms with Crippen molar-refractivity contribution >= 4 is 11.9 Å². The molecule has 0 spiro atoms. The Kier molecular flexibility index (Phi) is 4.79. The maximum atomic E-state index is 13.1.